The molecule has 5 heteroatoms. The maximum absolute atomic E-state index is 4.52. The SMILES string of the molecule is CCCNC(C)c1ccc(-n2nnc3ccccc32)nc1. The lowest BCUT2D eigenvalue weighted by Crippen LogP contribution is -2.19. The number of para-hydroxylation sites is 1. The van der Waals surface area contributed by atoms with E-state index in [0.717, 1.165) is 29.8 Å². The minimum Gasteiger partial charge on any atom is -0.310 e. The van der Waals surface area contributed by atoms with Crippen LogP contribution in [0.2, 0.25) is 0 Å². The first-order chi connectivity index (χ1) is 10.3. The average Bonchev–Trinajstić information content (AvgIpc) is 2.97. The fraction of sp³-hybridized carbons (Fsp3) is 0.312. The Balaban J connectivity index is 1.87. The summed E-state index contributed by atoms with van der Waals surface area (Å²) in [6.07, 6.45) is 3.03. The van der Waals surface area contributed by atoms with Crippen molar-refractivity contribution in [1.29, 1.82) is 0 Å². The summed E-state index contributed by atoms with van der Waals surface area (Å²) in [6.45, 7) is 5.32. The average molecular weight is 281 g/mol. The van der Waals surface area contributed by atoms with E-state index in [1.165, 1.54) is 5.56 Å². The fourth-order valence-electron chi connectivity index (χ4n) is 2.30. The number of aromatic nitrogens is 4. The molecule has 0 aliphatic heterocycles. The molecule has 1 N–H and O–H groups in total. The van der Waals surface area contributed by atoms with Gasteiger partial charge in [-0.15, -0.1) is 5.10 Å². The number of benzene rings is 1. The summed E-state index contributed by atoms with van der Waals surface area (Å²) >= 11 is 0. The highest BCUT2D eigenvalue weighted by atomic mass is 15.4. The highest BCUT2D eigenvalue weighted by Gasteiger charge is 2.08. The van der Waals surface area contributed by atoms with Crippen molar-refractivity contribution >= 4 is 11.0 Å². The lowest BCUT2D eigenvalue weighted by Gasteiger charge is -2.13. The molecule has 2 aromatic heterocycles. The molecular formula is C16H19N5. The third kappa shape index (κ3) is 2.78. The van der Waals surface area contributed by atoms with Gasteiger partial charge in [-0.25, -0.2) is 4.98 Å². The predicted octanol–water partition coefficient (Wildman–Crippen LogP) is 2.88. The van der Waals surface area contributed by atoms with Crippen molar-refractivity contribution in [1.82, 2.24) is 25.3 Å². The molecule has 21 heavy (non-hydrogen) atoms. The molecule has 0 aliphatic rings. The van der Waals surface area contributed by atoms with E-state index < -0.39 is 0 Å². The van der Waals surface area contributed by atoms with Gasteiger partial charge in [0.1, 0.15) is 5.52 Å². The Hall–Kier alpha value is -2.27. The Bertz CT molecular complexity index is 717. The first-order valence-corrected chi connectivity index (χ1v) is 7.29. The quantitative estimate of drug-likeness (QED) is 0.781. The van der Waals surface area contributed by atoms with E-state index >= 15 is 0 Å². The molecule has 3 rings (SSSR count). The minimum atomic E-state index is 0.305. The molecule has 5 nitrogen and oxygen atoms in total. The first kappa shape index (κ1) is 13.7. The zero-order valence-corrected chi connectivity index (χ0v) is 12.3. The van der Waals surface area contributed by atoms with Crippen molar-refractivity contribution in [2.24, 2.45) is 0 Å². The predicted molar refractivity (Wildman–Crippen MR) is 83.4 cm³/mol. The van der Waals surface area contributed by atoms with Crippen molar-refractivity contribution < 1.29 is 0 Å². The van der Waals surface area contributed by atoms with Crippen LogP contribution in [-0.4, -0.2) is 26.5 Å². The third-order valence-electron chi connectivity index (χ3n) is 3.54. The maximum Gasteiger partial charge on any atom is 0.155 e. The monoisotopic (exact) mass is 281 g/mol. The van der Waals surface area contributed by atoms with Crippen LogP contribution in [0.3, 0.4) is 0 Å². The van der Waals surface area contributed by atoms with Crippen molar-refractivity contribution in [2.45, 2.75) is 26.3 Å². The molecule has 1 unspecified atom stereocenters. The van der Waals surface area contributed by atoms with Crippen molar-refractivity contribution in [3.63, 3.8) is 0 Å². The lowest BCUT2D eigenvalue weighted by molar-refractivity contribution is 0.569. The Morgan fingerprint density at radius 1 is 1.19 bits per heavy atom. The van der Waals surface area contributed by atoms with E-state index in [9.17, 15) is 0 Å². The highest BCUT2D eigenvalue weighted by molar-refractivity contribution is 5.75. The molecule has 1 atom stereocenters. The van der Waals surface area contributed by atoms with Crippen molar-refractivity contribution in [2.75, 3.05) is 6.54 Å². The van der Waals surface area contributed by atoms with E-state index in [0.29, 0.717) is 6.04 Å². The second-order valence-corrected chi connectivity index (χ2v) is 5.12. The van der Waals surface area contributed by atoms with Crippen LogP contribution in [0, 0.1) is 0 Å². The molecule has 3 aromatic rings. The van der Waals surface area contributed by atoms with Crippen LogP contribution >= 0.6 is 0 Å². The van der Waals surface area contributed by atoms with Crippen molar-refractivity contribution in [3.05, 3.63) is 48.2 Å². The number of hydrogen-bond donors (Lipinski definition) is 1. The Morgan fingerprint density at radius 2 is 2.05 bits per heavy atom. The summed E-state index contributed by atoms with van der Waals surface area (Å²) in [7, 11) is 0. The van der Waals surface area contributed by atoms with Gasteiger partial charge in [0.2, 0.25) is 0 Å². The van der Waals surface area contributed by atoms with E-state index in [2.05, 4.69) is 40.5 Å². The summed E-state index contributed by atoms with van der Waals surface area (Å²) in [5.74, 6) is 0.787. The Kier molecular flexibility index (Phi) is 3.92. The lowest BCUT2D eigenvalue weighted by atomic mass is 10.1. The first-order valence-electron chi connectivity index (χ1n) is 7.29. The second kappa shape index (κ2) is 6.01. The smallest absolute Gasteiger partial charge is 0.155 e. The maximum atomic E-state index is 4.52. The number of nitrogens with one attached hydrogen (secondary N) is 1. The van der Waals surface area contributed by atoms with Gasteiger partial charge >= 0.3 is 0 Å². The van der Waals surface area contributed by atoms with Gasteiger partial charge < -0.3 is 5.32 Å². The van der Waals surface area contributed by atoms with Gasteiger partial charge in [-0.2, -0.15) is 4.68 Å². The second-order valence-electron chi connectivity index (χ2n) is 5.12. The molecule has 0 saturated heterocycles. The molecule has 0 aliphatic carbocycles. The van der Waals surface area contributed by atoms with E-state index in [1.54, 1.807) is 4.68 Å². The van der Waals surface area contributed by atoms with Crippen LogP contribution in [0.5, 0.6) is 0 Å². The van der Waals surface area contributed by atoms with Crippen LogP contribution in [0.4, 0.5) is 0 Å². The van der Waals surface area contributed by atoms with Crippen LogP contribution in [0.25, 0.3) is 16.9 Å². The van der Waals surface area contributed by atoms with Crippen LogP contribution < -0.4 is 5.32 Å². The number of nitrogens with zero attached hydrogens (tertiary/aromatic N) is 4. The van der Waals surface area contributed by atoms with Gasteiger partial charge in [0.25, 0.3) is 0 Å². The number of hydrogen-bond acceptors (Lipinski definition) is 4. The third-order valence-corrected chi connectivity index (χ3v) is 3.54. The Morgan fingerprint density at radius 3 is 2.81 bits per heavy atom. The zero-order valence-electron chi connectivity index (χ0n) is 12.3. The molecular weight excluding hydrogens is 262 g/mol. The summed E-state index contributed by atoms with van der Waals surface area (Å²) in [5, 5.41) is 11.8. The topological polar surface area (TPSA) is 55.6 Å². The zero-order chi connectivity index (χ0) is 14.7. The molecule has 1 aromatic carbocycles. The minimum absolute atomic E-state index is 0.305. The number of pyridine rings is 1. The largest absolute Gasteiger partial charge is 0.310 e. The van der Waals surface area contributed by atoms with Crippen LogP contribution in [0.1, 0.15) is 31.9 Å². The van der Waals surface area contributed by atoms with E-state index in [-0.39, 0.29) is 0 Å². The Labute approximate surface area is 124 Å². The molecule has 0 bridgehead atoms. The van der Waals surface area contributed by atoms with Crippen molar-refractivity contribution in [3.8, 4) is 5.82 Å². The standard InChI is InChI=1S/C16H19N5/c1-3-10-17-12(2)13-8-9-16(18-11-13)21-15-7-5-4-6-14(15)19-20-21/h4-9,11-12,17H,3,10H2,1-2H3. The van der Waals surface area contributed by atoms with E-state index in [4.69, 9.17) is 0 Å². The van der Waals surface area contributed by atoms with Gasteiger partial charge in [0.05, 0.1) is 5.52 Å². The van der Waals surface area contributed by atoms with Crippen LogP contribution in [0.15, 0.2) is 42.6 Å². The number of fused-ring (bicyclic) bond motifs is 1. The van der Waals surface area contributed by atoms with Gasteiger partial charge in [-0.3, -0.25) is 0 Å². The molecule has 0 amide bonds. The number of rotatable bonds is 5. The van der Waals surface area contributed by atoms with Gasteiger partial charge in [-0.1, -0.05) is 30.3 Å². The fourth-order valence-corrected chi connectivity index (χ4v) is 2.30. The normalized spacial score (nSPS) is 12.7. The molecule has 0 fully saturated rings. The summed E-state index contributed by atoms with van der Waals surface area (Å²) in [6, 6.07) is 12.3. The summed E-state index contributed by atoms with van der Waals surface area (Å²) < 4.78 is 1.77. The summed E-state index contributed by atoms with van der Waals surface area (Å²) in [5.41, 5.74) is 3.02. The summed E-state index contributed by atoms with van der Waals surface area (Å²) in [4.78, 5) is 4.52. The molecule has 0 radical (unpaired) electrons. The molecule has 0 saturated carbocycles. The van der Waals surface area contributed by atoms with Crippen LogP contribution in [-0.2, 0) is 0 Å². The molecule has 0 spiro atoms. The molecule has 108 valence electrons. The van der Waals surface area contributed by atoms with E-state index in [1.807, 2.05) is 36.5 Å². The molecule has 2 heterocycles. The van der Waals surface area contributed by atoms with Gasteiger partial charge in [0, 0.05) is 12.2 Å². The highest BCUT2D eigenvalue weighted by Crippen LogP contribution is 2.16. The van der Waals surface area contributed by atoms with Gasteiger partial charge in [0.15, 0.2) is 5.82 Å². The van der Waals surface area contributed by atoms with Gasteiger partial charge in [-0.05, 0) is 43.7 Å².